The first kappa shape index (κ1) is 5.74. The van der Waals surface area contributed by atoms with Crippen LogP contribution in [0.1, 0.15) is 0 Å². The maximum atomic E-state index is 9.81. The first-order valence-corrected chi connectivity index (χ1v) is 2.44. The number of nitrogens with one attached hydrogen (secondary N) is 2. The Labute approximate surface area is 50.1 Å². The third-order valence-electron chi connectivity index (χ3n) is 0.873. The van der Waals surface area contributed by atoms with Gasteiger partial charge in [-0.3, -0.25) is 10.1 Å². The summed E-state index contributed by atoms with van der Waals surface area (Å²) in [5, 5.41) is 9.81. The number of rotatable bonds is 1. The number of hydrogen-bond acceptors (Lipinski definition) is 4. The Morgan fingerprint density at radius 3 is 2.25 bits per heavy atom. The predicted octanol–water partition coefficient (Wildman–Crippen LogP) is -0.738. The minimum absolute atomic E-state index is 0.478. The minimum atomic E-state index is -0.823. The number of alkyl halides is 1. The van der Waals surface area contributed by atoms with Crippen LogP contribution >= 0.6 is 11.6 Å². The monoisotopic (exact) mass is 137 g/mol. The van der Waals surface area contributed by atoms with Gasteiger partial charge in [0.15, 0.2) is 5.50 Å². The van der Waals surface area contributed by atoms with E-state index in [0.29, 0.717) is 0 Å². The first-order valence-electron chi connectivity index (χ1n) is 2.00. The summed E-state index contributed by atoms with van der Waals surface area (Å²) < 4.78 is 0. The smallest absolute Gasteiger partial charge is 0.263 e. The second-order valence-electron chi connectivity index (χ2n) is 1.42. The standard InChI is InChI=1S/C2H4ClN3O2/c3-1-2(5-4-1)6(7)8/h1-2,4-5H/t1-,2?/m0/s1. The summed E-state index contributed by atoms with van der Waals surface area (Å²) >= 11 is 5.29. The van der Waals surface area contributed by atoms with Crippen LogP contribution in [0.5, 0.6) is 0 Å². The van der Waals surface area contributed by atoms with Gasteiger partial charge in [0.2, 0.25) is 0 Å². The van der Waals surface area contributed by atoms with Crippen molar-refractivity contribution in [2.75, 3.05) is 0 Å². The zero-order valence-electron chi connectivity index (χ0n) is 3.80. The van der Waals surface area contributed by atoms with Crippen molar-refractivity contribution < 1.29 is 4.92 Å². The Morgan fingerprint density at radius 1 is 1.62 bits per heavy atom. The molecule has 1 aliphatic rings. The Hall–Kier alpha value is -0.390. The highest BCUT2D eigenvalue weighted by Gasteiger charge is 2.38. The normalized spacial score (nSPS) is 36.1. The van der Waals surface area contributed by atoms with E-state index in [-0.39, 0.29) is 0 Å². The summed E-state index contributed by atoms with van der Waals surface area (Å²) in [4.78, 5) is 9.33. The van der Waals surface area contributed by atoms with Crippen molar-refractivity contribution >= 4 is 11.6 Å². The van der Waals surface area contributed by atoms with Gasteiger partial charge in [0.1, 0.15) is 0 Å². The van der Waals surface area contributed by atoms with E-state index in [1.165, 1.54) is 0 Å². The molecule has 1 saturated heterocycles. The van der Waals surface area contributed by atoms with Gasteiger partial charge >= 0.3 is 6.17 Å². The molecule has 8 heavy (non-hydrogen) atoms. The molecule has 1 aliphatic heterocycles. The van der Waals surface area contributed by atoms with Crippen LogP contribution in [0.15, 0.2) is 0 Å². The highest BCUT2D eigenvalue weighted by Crippen LogP contribution is 2.05. The quantitative estimate of drug-likeness (QED) is 0.216. The van der Waals surface area contributed by atoms with Crippen LogP contribution in [0.3, 0.4) is 0 Å². The van der Waals surface area contributed by atoms with Gasteiger partial charge in [-0.15, -0.1) is 0 Å². The van der Waals surface area contributed by atoms with Crippen molar-refractivity contribution in [2.24, 2.45) is 0 Å². The van der Waals surface area contributed by atoms with Crippen molar-refractivity contribution in [3.8, 4) is 0 Å². The fourth-order valence-electron chi connectivity index (χ4n) is 0.380. The van der Waals surface area contributed by atoms with E-state index in [4.69, 9.17) is 11.6 Å². The van der Waals surface area contributed by atoms with Crippen LogP contribution in [0.25, 0.3) is 0 Å². The number of halogens is 1. The van der Waals surface area contributed by atoms with Gasteiger partial charge in [0.25, 0.3) is 0 Å². The second-order valence-corrected chi connectivity index (χ2v) is 1.89. The minimum Gasteiger partial charge on any atom is -0.263 e. The highest BCUT2D eigenvalue weighted by molar-refractivity contribution is 6.21. The van der Waals surface area contributed by atoms with E-state index in [1.807, 2.05) is 0 Å². The van der Waals surface area contributed by atoms with Crippen molar-refractivity contribution in [2.45, 2.75) is 11.7 Å². The molecule has 1 rings (SSSR count). The lowest BCUT2D eigenvalue weighted by Gasteiger charge is -2.26. The summed E-state index contributed by atoms with van der Waals surface area (Å²) in [6.07, 6.45) is -0.823. The average Bonchev–Trinajstić information content (AvgIpc) is 1.61. The lowest BCUT2D eigenvalue weighted by Crippen LogP contribution is -2.67. The number of hydrazine groups is 1. The molecule has 0 bridgehead atoms. The Kier molecular flexibility index (Phi) is 1.33. The van der Waals surface area contributed by atoms with Crippen LogP contribution in [-0.4, -0.2) is 16.6 Å². The highest BCUT2D eigenvalue weighted by atomic mass is 35.5. The molecule has 46 valence electrons. The van der Waals surface area contributed by atoms with Crippen LogP contribution in [0, 0.1) is 10.1 Å². The molecule has 0 amide bonds. The number of hydrogen-bond donors (Lipinski definition) is 2. The van der Waals surface area contributed by atoms with Crippen LogP contribution < -0.4 is 10.9 Å². The zero-order chi connectivity index (χ0) is 6.15. The molecule has 1 fully saturated rings. The molecule has 0 aliphatic carbocycles. The number of nitro groups is 1. The topological polar surface area (TPSA) is 67.2 Å². The SMILES string of the molecule is O=[N+]([O-])C1NN[C@@H]1Cl. The van der Waals surface area contributed by atoms with E-state index in [2.05, 4.69) is 10.9 Å². The van der Waals surface area contributed by atoms with Gasteiger partial charge < -0.3 is 0 Å². The van der Waals surface area contributed by atoms with Gasteiger partial charge in [-0.1, -0.05) is 11.6 Å². The van der Waals surface area contributed by atoms with E-state index in [0.717, 1.165) is 0 Å². The molecular weight excluding hydrogens is 133 g/mol. The summed E-state index contributed by atoms with van der Waals surface area (Å²) in [6, 6.07) is 0. The van der Waals surface area contributed by atoms with Crippen LogP contribution in [0.4, 0.5) is 0 Å². The van der Waals surface area contributed by atoms with Crippen molar-refractivity contribution in [3.63, 3.8) is 0 Å². The largest absolute Gasteiger partial charge is 0.308 e. The van der Waals surface area contributed by atoms with E-state index >= 15 is 0 Å². The van der Waals surface area contributed by atoms with Crippen molar-refractivity contribution in [1.82, 2.24) is 10.9 Å². The van der Waals surface area contributed by atoms with Crippen LogP contribution in [-0.2, 0) is 0 Å². The molecule has 0 spiro atoms. The molecular formula is C2H4ClN3O2. The zero-order valence-corrected chi connectivity index (χ0v) is 4.55. The van der Waals surface area contributed by atoms with E-state index < -0.39 is 16.6 Å². The molecule has 1 unspecified atom stereocenters. The molecule has 5 nitrogen and oxygen atoms in total. The molecule has 0 aromatic heterocycles. The molecule has 6 heteroatoms. The summed E-state index contributed by atoms with van der Waals surface area (Å²) in [5.74, 6) is 0. The van der Waals surface area contributed by atoms with E-state index in [1.54, 1.807) is 0 Å². The van der Waals surface area contributed by atoms with Crippen molar-refractivity contribution in [1.29, 1.82) is 0 Å². The third kappa shape index (κ3) is 0.750. The summed E-state index contributed by atoms with van der Waals surface area (Å²) in [7, 11) is 0. The average molecular weight is 138 g/mol. The maximum absolute atomic E-state index is 9.81. The molecule has 0 aromatic carbocycles. The van der Waals surface area contributed by atoms with Gasteiger partial charge in [-0.25, -0.2) is 5.43 Å². The Balaban J connectivity index is 2.37. The molecule has 2 atom stereocenters. The predicted molar refractivity (Wildman–Crippen MR) is 26.7 cm³/mol. The van der Waals surface area contributed by atoms with Gasteiger partial charge in [0.05, 0.1) is 0 Å². The first-order chi connectivity index (χ1) is 3.72. The lowest BCUT2D eigenvalue weighted by molar-refractivity contribution is -0.546. The van der Waals surface area contributed by atoms with Gasteiger partial charge in [0, 0.05) is 4.92 Å². The second kappa shape index (κ2) is 1.85. The third-order valence-corrected chi connectivity index (χ3v) is 1.22. The number of nitrogens with zero attached hydrogens (tertiary/aromatic N) is 1. The van der Waals surface area contributed by atoms with E-state index in [9.17, 15) is 10.1 Å². The summed E-state index contributed by atoms with van der Waals surface area (Å²) in [6.45, 7) is 0. The molecule has 2 N–H and O–H groups in total. The maximum Gasteiger partial charge on any atom is 0.308 e. The summed E-state index contributed by atoms with van der Waals surface area (Å²) in [5.41, 5.74) is 4.16. The molecule has 0 saturated carbocycles. The van der Waals surface area contributed by atoms with Gasteiger partial charge in [-0.2, -0.15) is 5.43 Å². The molecule has 0 aromatic rings. The fraction of sp³-hybridized carbons (Fsp3) is 1.00. The lowest BCUT2D eigenvalue weighted by atomic mass is 10.4. The molecule has 0 radical (unpaired) electrons. The van der Waals surface area contributed by atoms with Crippen molar-refractivity contribution in [3.05, 3.63) is 10.1 Å². The fourth-order valence-corrected chi connectivity index (χ4v) is 0.598. The van der Waals surface area contributed by atoms with Gasteiger partial charge in [-0.05, 0) is 0 Å². The van der Waals surface area contributed by atoms with Crippen LogP contribution in [0.2, 0.25) is 0 Å². The Bertz CT molecular complexity index is 118. The molecule has 1 heterocycles. The Morgan fingerprint density at radius 2 is 2.25 bits per heavy atom.